The highest BCUT2D eigenvalue weighted by molar-refractivity contribution is 6.01. The van der Waals surface area contributed by atoms with Crippen LogP contribution in [0.2, 0.25) is 0 Å². The van der Waals surface area contributed by atoms with E-state index >= 15 is 0 Å². The number of nitrogens with one attached hydrogen (secondary N) is 1. The largest absolute Gasteiger partial charge is 0.398 e. The monoisotopic (exact) mass is 419 g/mol. The summed E-state index contributed by atoms with van der Waals surface area (Å²) >= 11 is 0. The molecule has 1 unspecified atom stereocenters. The zero-order valence-electron chi connectivity index (χ0n) is 20.2. The predicted molar refractivity (Wildman–Crippen MR) is 124 cm³/mol. The van der Waals surface area contributed by atoms with E-state index < -0.39 is 17.4 Å². The SMILES string of the molecule is CC(C)(C)CC(=O)c1ccccc1N.CC(C)(C)NC(CC(N)=O)C(=O)C(C)(C)C. The van der Waals surface area contributed by atoms with Crippen LogP contribution in [0.15, 0.2) is 24.3 Å². The summed E-state index contributed by atoms with van der Waals surface area (Å²) in [4.78, 5) is 34.9. The van der Waals surface area contributed by atoms with Crippen LogP contribution in [-0.4, -0.2) is 29.1 Å². The van der Waals surface area contributed by atoms with Gasteiger partial charge in [0.25, 0.3) is 0 Å². The second kappa shape index (κ2) is 10.7. The Kier molecular flexibility index (Phi) is 9.92. The van der Waals surface area contributed by atoms with Gasteiger partial charge in [-0.25, -0.2) is 0 Å². The van der Waals surface area contributed by atoms with Gasteiger partial charge >= 0.3 is 0 Å². The zero-order chi connectivity index (χ0) is 23.9. The molecule has 0 bridgehead atoms. The van der Waals surface area contributed by atoms with Crippen molar-refractivity contribution in [2.24, 2.45) is 16.6 Å². The van der Waals surface area contributed by atoms with Gasteiger partial charge < -0.3 is 16.8 Å². The summed E-state index contributed by atoms with van der Waals surface area (Å²) < 4.78 is 0. The molecule has 1 amide bonds. The van der Waals surface area contributed by atoms with Crippen molar-refractivity contribution in [3.63, 3.8) is 0 Å². The van der Waals surface area contributed by atoms with Crippen molar-refractivity contribution in [1.82, 2.24) is 5.32 Å². The molecule has 0 aliphatic heterocycles. The highest BCUT2D eigenvalue weighted by Gasteiger charge is 2.32. The Labute approximate surface area is 182 Å². The molecule has 170 valence electrons. The molecular formula is C24H41N3O3. The molecule has 30 heavy (non-hydrogen) atoms. The number of primary amides is 1. The van der Waals surface area contributed by atoms with Crippen LogP contribution in [-0.2, 0) is 9.59 Å². The summed E-state index contributed by atoms with van der Waals surface area (Å²) in [6.45, 7) is 17.5. The van der Waals surface area contributed by atoms with Crippen LogP contribution in [0.4, 0.5) is 5.69 Å². The molecule has 0 aliphatic carbocycles. The Morgan fingerprint density at radius 1 is 0.933 bits per heavy atom. The van der Waals surface area contributed by atoms with Crippen LogP contribution in [0.3, 0.4) is 0 Å². The fourth-order valence-electron chi connectivity index (χ4n) is 2.78. The average molecular weight is 420 g/mol. The van der Waals surface area contributed by atoms with Crippen LogP contribution in [0.1, 0.15) is 85.5 Å². The minimum Gasteiger partial charge on any atom is -0.398 e. The standard InChI is InChI=1S/C12H24N2O2.C12H17NO/c1-11(2,3)10(16)8(7-9(13)15)14-12(4,5)6;1-12(2,3)8-11(14)9-6-4-5-7-10(9)13/h8,14H,7H2,1-6H3,(H2,13,15);4-7H,8,13H2,1-3H3. The first-order valence-corrected chi connectivity index (χ1v) is 10.3. The number of amides is 1. The third-order valence-electron chi connectivity index (χ3n) is 4.02. The van der Waals surface area contributed by atoms with E-state index in [1.54, 1.807) is 12.1 Å². The first-order valence-electron chi connectivity index (χ1n) is 10.3. The highest BCUT2D eigenvalue weighted by atomic mass is 16.1. The molecule has 0 aliphatic rings. The molecule has 5 N–H and O–H groups in total. The van der Waals surface area contributed by atoms with Gasteiger partial charge in [-0.1, -0.05) is 53.7 Å². The molecule has 1 aromatic carbocycles. The normalized spacial score (nSPS) is 13.1. The summed E-state index contributed by atoms with van der Waals surface area (Å²) in [5.41, 5.74) is 11.4. The minimum atomic E-state index is -0.502. The van der Waals surface area contributed by atoms with Gasteiger partial charge in [0.15, 0.2) is 11.6 Å². The Morgan fingerprint density at radius 2 is 1.43 bits per heavy atom. The Balaban J connectivity index is 0.000000564. The Bertz CT molecular complexity index is 735. The van der Waals surface area contributed by atoms with Crippen molar-refractivity contribution in [2.45, 2.75) is 86.7 Å². The van der Waals surface area contributed by atoms with Gasteiger partial charge in [-0.2, -0.15) is 0 Å². The first-order chi connectivity index (χ1) is 13.3. The van der Waals surface area contributed by atoms with Gasteiger partial charge in [0.05, 0.1) is 6.04 Å². The Hall–Kier alpha value is -2.21. The van der Waals surface area contributed by atoms with Gasteiger partial charge in [-0.05, 0) is 38.3 Å². The van der Waals surface area contributed by atoms with Gasteiger partial charge in [0.2, 0.25) is 5.91 Å². The lowest BCUT2D eigenvalue weighted by Gasteiger charge is -2.31. The molecule has 0 heterocycles. The van der Waals surface area contributed by atoms with Crippen LogP contribution in [0.25, 0.3) is 0 Å². The average Bonchev–Trinajstić information content (AvgIpc) is 2.50. The summed E-state index contributed by atoms with van der Waals surface area (Å²) in [5.74, 6) is -0.323. The number of rotatable bonds is 6. The molecule has 1 atom stereocenters. The molecule has 1 rings (SSSR count). The van der Waals surface area contributed by atoms with E-state index in [0.717, 1.165) is 0 Å². The molecule has 0 saturated heterocycles. The van der Waals surface area contributed by atoms with Crippen molar-refractivity contribution in [3.8, 4) is 0 Å². The molecule has 1 aromatic rings. The lowest BCUT2D eigenvalue weighted by atomic mass is 9.84. The molecule has 0 fully saturated rings. The smallest absolute Gasteiger partial charge is 0.219 e. The van der Waals surface area contributed by atoms with Crippen LogP contribution in [0.5, 0.6) is 0 Å². The van der Waals surface area contributed by atoms with Crippen LogP contribution >= 0.6 is 0 Å². The number of hydrogen-bond acceptors (Lipinski definition) is 5. The topological polar surface area (TPSA) is 115 Å². The number of hydrogen-bond donors (Lipinski definition) is 3. The number of carbonyl (C=O) groups excluding carboxylic acids is 3. The predicted octanol–water partition coefficient (Wildman–Crippen LogP) is 4.12. The summed E-state index contributed by atoms with van der Waals surface area (Å²) in [7, 11) is 0. The maximum absolute atomic E-state index is 12.1. The number of nitrogen functional groups attached to an aromatic ring is 1. The molecule has 0 spiro atoms. The fraction of sp³-hybridized carbons (Fsp3) is 0.625. The summed E-state index contributed by atoms with van der Waals surface area (Å²) in [6, 6.07) is 6.71. The van der Waals surface area contributed by atoms with E-state index in [-0.39, 0.29) is 28.9 Å². The lowest BCUT2D eigenvalue weighted by molar-refractivity contribution is -0.131. The second-order valence-corrected chi connectivity index (χ2v) is 11.0. The number of nitrogens with two attached hydrogens (primary N) is 2. The quantitative estimate of drug-likeness (QED) is 0.474. The molecule has 0 aromatic heterocycles. The Morgan fingerprint density at radius 3 is 1.80 bits per heavy atom. The lowest BCUT2D eigenvalue weighted by Crippen LogP contribution is -2.52. The third kappa shape index (κ3) is 11.7. The van der Waals surface area contributed by atoms with E-state index in [9.17, 15) is 14.4 Å². The summed E-state index contributed by atoms with van der Waals surface area (Å²) in [5, 5.41) is 3.14. The van der Waals surface area contributed by atoms with Gasteiger partial charge in [-0.15, -0.1) is 0 Å². The number of ketones is 2. The number of anilines is 1. The van der Waals surface area contributed by atoms with Crippen molar-refractivity contribution >= 4 is 23.2 Å². The van der Waals surface area contributed by atoms with Crippen molar-refractivity contribution in [3.05, 3.63) is 29.8 Å². The fourth-order valence-corrected chi connectivity index (χ4v) is 2.78. The maximum Gasteiger partial charge on any atom is 0.219 e. The van der Waals surface area contributed by atoms with E-state index in [1.165, 1.54) is 0 Å². The van der Waals surface area contributed by atoms with E-state index in [4.69, 9.17) is 11.5 Å². The number of Topliss-reactive ketones (excluding diaryl/α,β-unsaturated/α-hetero) is 2. The third-order valence-corrected chi connectivity index (χ3v) is 4.02. The van der Waals surface area contributed by atoms with Gasteiger partial charge in [0, 0.05) is 35.0 Å². The maximum atomic E-state index is 12.1. The first kappa shape index (κ1) is 27.8. The van der Waals surface area contributed by atoms with E-state index in [2.05, 4.69) is 5.32 Å². The van der Waals surface area contributed by atoms with Crippen molar-refractivity contribution in [2.75, 3.05) is 5.73 Å². The van der Waals surface area contributed by atoms with Crippen molar-refractivity contribution in [1.29, 1.82) is 0 Å². The van der Waals surface area contributed by atoms with Gasteiger partial charge in [-0.3, -0.25) is 14.4 Å². The molecular weight excluding hydrogens is 378 g/mol. The minimum absolute atomic E-state index is 0.0133. The molecule has 0 radical (unpaired) electrons. The van der Waals surface area contributed by atoms with Crippen LogP contribution in [0, 0.1) is 10.8 Å². The molecule has 6 nitrogen and oxygen atoms in total. The highest BCUT2D eigenvalue weighted by Crippen LogP contribution is 2.23. The molecule has 6 heteroatoms. The van der Waals surface area contributed by atoms with Crippen LogP contribution < -0.4 is 16.8 Å². The number of carbonyl (C=O) groups is 3. The van der Waals surface area contributed by atoms with Crippen molar-refractivity contribution < 1.29 is 14.4 Å². The number of benzene rings is 1. The zero-order valence-corrected chi connectivity index (χ0v) is 20.2. The summed E-state index contributed by atoms with van der Waals surface area (Å²) in [6.07, 6.45) is 0.578. The van der Waals surface area contributed by atoms with E-state index in [0.29, 0.717) is 17.7 Å². The van der Waals surface area contributed by atoms with Gasteiger partial charge in [0.1, 0.15) is 0 Å². The number of para-hydroxylation sites is 1. The molecule has 0 saturated carbocycles. The second-order valence-electron chi connectivity index (χ2n) is 11.0. The van der Waals surface area contributed by atoms with E-state index in [1.807, 2.05) is 74.4 Å².